The molecule has 1 aromatic carbocycles. The van der Waals surface area contributed by atoms with Gasteiger partial charge in [-0.2, -0.15) is 0 Å². The van der Waals surface area contributed by atoms with Crippen molar-refractivity contribution in [2.45, 2.75) is 37.8 Å². The Labute approximate surface area is 188 Å². The number of pyridine rings is 2. The van der Waals surface area contributed by atoms with Gasteiger partial charge < -0.3 is 22.1 Å². The van der Waals surface area contributed by atoms with Gasteiger partial charge >= 0.3 is 0 Å². The van der Waals surface area contributed by atoms with Crippen molar-refractivity contribution < 1.29 is 18.0 Å². The van der Waals surface area contributed by atoms with E-state index < -0.39 is 23.4 Å². The van der Waals surface area contributed by atoms with Crippen LogP contribution in [0, 0.1) is 17.5 Å². The number of hydrogen-bond acceptors (Lipinski definition) is 6. The summed E-state index contributed by atoms with van der Waals surface area (Å²) in [5.74, 6) is -3.70. The first kappa shape index (κ1) is 22.5. The van der Waals surface area contributed by atoms with E-state index in [9.17, 15) is 18.0 Å². The Morgan fingerprint density at radius 3 is 2.58 bits per heavy atom. The fraction of sp³-hybridized carbons (Fsp3) is 0.261. The lowest BCUT2D eigenvalue weighted by molar-refractivity contribution is 0.100. The lowest BCUT2D eigenvalue weighted by Gasteiger charge is -2.30. The van der Waals surface area contributed by atoms with Gasteiger partial charge in [-0.1, -0.05) is 18.9 Å². The number of anilines is 3. The van der Waals surface area contributed by atoms with E-state index in [2.05, 4.69) is 20.6 Å². The first-order chi connectivity index (χ1) is 15.8. The van der Waals surface area contributed by atoms with Gasteiger partial charge in [-0.15, -0.1) is 0 Å². The zero-order valence-electron chi connectivity index (χ0n) is 17.6. The van der Waals surface area contributed by atoms with Crippen molar-refractivity contribution in [3.63, 3.8) is 0 Å². The molecule has 2 heterocycles. The molecule has 1 fully saturated rings. The van der Waals surface area contributed by atoms with Crippen LogP contribution in [-0.2, 0) is 0 Å². The fourth-order valence-electron chi connectivity index (χ4n) is 3.88. The molecule has 1 aliphatic rings. The molecule has 2 atom stereocenters. The molecule has 1 saturated carbocycles. The van der Waals surface area contributed by atoms with E-state index in [1.54, 1.807) is 6.07 Å². The molecule has 33 heavy (non-hydrogen) atoms. The molecule has 0 spiro atoms. The summed E-state index contributed by atoms with van der Waals surface area (Å²) in [5, 5.41) is 5.94. The second-order valence-corrected chi connectivity index (χ2v) is 7.93. The second-order valence-electron chi connectivity index (χ2n) is 7.93. The van der Waals surface area contributed by atoms with Gasteiger partial charge in [0, 0.05) is 29.5 Å². The predicted molar refractivity (Wildman–Crippen MR) is 119 cm³/mol. The molecule has 6 N–H and O–H groups in total. The topological polar surface area (TPSA) is 119 Å². The molecule has 2 aromatic heterocycles. The minimum atomic E-state index is -1.03. The number of nitrogens with two attached hydrogens (primary N) is 2. The number of amides is 1. The lowest BCUT2D eigenvalue weighted by Crippen LogP contribution is -2.43. The van der Waals surface area contributed by atoms with Gasteiger partial charge in [0.25, 0.3) is 5.91 Å². The molecule has 0 unspecified atom stereocenters. The largest absolute Gasteiger partial charge is 0.365 e. The highest BCUT2D eigenvalue weighted by Crippen LogP contribution is 2.29. The van der Waals surface area contributed by atoms with E-state index in [-0.39, 0.29) is 40.5 Å². The Kier molecular flexibility index (Phi) is 6.45. The number of rotatable bonds is 6. The Hall–Kier alpha value is -3.66. The summed E-state index contributed by atoms with van der Waals surface area (Å²) in [5.41, 5.74) is 11.9. The molecule has 0 saturated heterocycles. The Morgan fingerprint density at radius 1 is 1.03 bits per heavy atom. The molecule has 1 aliphatic carbocycles. The van der Waals surface area contributed by atoms with Crippen LogP contribution >= 0.6 is 0 Å². The monoisotopic (exact) mass is 456 g/mol. The van der Waals surface area contributed by atoms with Crippen LogP contribution in [0.5, 0.6) is 0 Å². The summed E-state index contributed by atoms with van der Waals surface area (Å²) >= 11 is 0. The van der Waals surface area contributed by atoms with E-state index >= 15 is 0 Å². The van der Waals surface area contributed by atoms with Crippen molar-refractivity contribution in [2.24, 2.45) is 11.5 Å². The smallest absolute Gasteiger partial charge is 0.252 e. The number of hydrogen-bond donors (Lipinski definition) is 4. The Balaban J connectivity index is 1.67. The van der Waals surface area contributed by atoms with Gasteiger partial charge in [0.1, 0.15) is 5.82 Å². The zero-order valence-corrected chi connectivity index (χ0v) is 17.6. The van der Waals surface area contributed by atoms with Gasteiger partial charge in [-0.25, -0.2) is 18.2 Å². The molecule has 0 bridgehead atoms. The first-order valence-electron chi connectivity index (χ1n) is 10.5. The third-order valence-corrected chi connectivity index (χ3v) is 5.63. The van der Waals surface area contributed by atoms with Gasteiger partial charge in [0.15, 0.2) is 23.3 Å². The number of aromatic nitrogens is 2. The van der Waals surface area contributed by atoms with Crippen molar-refractivity contribution in [3.8, 4) is 11.3 Å². The summed E-state index contributed by atoms with van der Waals surface area (Å²) in [7, 11) is 0. The van der Waals surface area contributed by atoms with Crippen LogP contribution in [0.15, 0.2) is 42.6 Å². The van der Waals surface area contributed by atoms with Crippen LogP contribution in [0.3, 0.4) is 0 Å². The normalized spacial score (nSPS) is 18.1. The van der Waals surface area contributed by atoms with E-state index in [0.717, 1.165) is 37.8 Å². The van der Waals surface area contributed by atoms with Gasteiger partial charge in [0.2, 0.25) is 0 Å². The first-order valence-corrected chi connectivity index (χ1v) is 10.5. The highest BCUT2D eigenvalue weighted by Gasteiger charge is 2.24. The maximum atomic E-state index is 14.7. The SMILES string of the molecule is NC(=O)c1cc(F)c(N[C@@H]2CCCC[C@@H]2N)nc1Nc1ccnc(-c2cccc(F)c2F)c1. The summed E-state index contributed by atoms with van der Waals surface area (Å²) in [6, 6.07) is 7.48. The van der Waals surface area contributed by atoms with Crippen LogP contribution in [0.2, 0.25) is 0 Å². The second kappa shape index (κ2) is 9.45. The average molecular weight is 456 g/mol. The Bertz CT molecular complexity index is 1190. The number of nitrogens with zero attached hydrogens (tertiary/aromatic N) is 2. The van der Waals surface area contributed by atoms with Crippen LogP contribution in [0.25, 0.3) is 11.3 Å². The number of primary amides is 1. The minimum Gasteiger partial charge on any atom is -0.365 e. The molecule has 0 radical (unpaired) electrons. The number of nitrogens with one attached hydrogen (secondary N) is 2. The standard InChI is InChI=1S/C23H23F3N6O/c24-15-5-3-4-13(20(15)26)19-10-12(8-9-29-19)30-22-14(21(28)33)11-16(25)23(32-22)31-18-7-2-1-6-17(18)27/h3-5,8-11,17-18H,1-2,6-7,27H2,(H2,28,33)(H2,29,30,31,32)/t17-,18+/m0/s1. The van der Waals surface area contributed by atoms with Crippen molar-refractivity contribution in [2.75, 3.05) is 10.6 Å². The molecule has 172 valence electrons. The molecular formula is C23H23F3N6O. The summed E-state index contributed by atoms with van der Waals surface area (Å²) < 4.78 is 42.5. The van der Waals surface area contributed by atoms with Crippen LogP contribution in [0.1, 0.15) is 36.0 Å². The molecule has 3 aromatic rings. The van der Waals surface area contributed by atoms with Gasteiger partial charge in [-0.3, -0.25) is 9.78 Å². The third kappa shape index (κ3) is 4.90. The molecule has 1 amide bonds. The Morgan fingerprint density at radius 2 is 1.82 bits per heavy atom. The summed E-state index contributed by atoms with van der Waals surface area (Å²) in [6.07, 6.45) is 4.96. The maximum Gasteiger partial charge on any atom is 0.252 e. The highest BCUT2D eigenvalue weighted by atomic mass is 19.2. The summed E-state index contributed by atoms with van der Waals surface area (Å²) in [4.78, 5) is 20.2. The number of benzene rings is 1. The maximum absolute atomic E-state index is 14.7. The fourth-order valence-corrected chi connectivity index (χ4v) is 3.88. The summed E-state index contributed by atoms with van der Waals surface area (Å²) in [6.45, 7) is 0. The quantitative estimate of drug-likeness (QED) is 0.444. The van der Waals surface area contributed by atoms with Crippen molar-refractivity contribution >= 4 is 23.2 Å². The van der Waals surface area contributed by atoms with Crippen molar-refractivity contribution in [3.05, 3.63) is 65.6 Å². The molecule has 10 heteroatoms. The molecule has 4 rings (SSSR count). The van der Waals surface area contributed by atoms with E-state index in [0.29, 0.717) is 5.69 Å². The zero-order chi connectivity index (χ0) is 23.5. The number of halogens is 3. The van der Waals surface area contributed by atoms with Crippen molar-refractivity contribution in [1.82, 2.24) is 9.97 Å². The number of carbonyl (C=O) groups is 1. The number of carbonyl (C=O) groups excluding carboxylic acids is 1. The van der Waals surface area contributed by atoms with E-state index in [4.69, 9.17) is 11.5 Å². The predicted octanol–water partition coefficient (Wildman–Crippen LogP) is 4.09. The minimum absolute atomic E-state index is 0.00708. The molecular weight excluding hydrogens is 433 g/mol. The van der Waals surface area contributed by atoms with Crippen LogP contribution < -0.4 is 22.1 Å². The van der Waals surface area contributed by atoms with Crippen LogP contribution in [0.4, 0.5) is 30.5 Å². The van der Waals surface area contributed by atoms with Crippen LogP contribution in [-0.4, -0.2) is 28.0 Å². The average Bonchev–Trinajstić information content (AvgIpc) is 2.79. The van der Waals surface area contributed by atoms with E-state index in [1.165, 1.54) is 24.4 Å². The third-order valence-electron chi connectivity index (χ3n) is 5.63. The highest BCUT2D eigenvalue weighted by molar-refractivity contribution is 5.98. The van der Waals surface area contributed by atoms with Crippen molar-refractivity contribution in [1.29, 1.82) is 0 Å². The molecule has 7 nitrogen and oxygen atoms in total. The molecule has 0 aliphatic heterocycles. The van der Waals surface area contributed by atoms with E-state index in [1.807, 2.05) is 0 Å². The van der Waals surface area contributed by atoms with Gasteiger partial charge in [0.05, 0.1) is 11.3 Å². The lowest BCUT2D eigenvalue weighted by atomic mass is 9.91. The van der Waals surface area contributed by atoms with Gasteiger partial charge in [-0.05, 0) is 43.2 Å².